The van der Waals surface area contributed by atoms with Crippen molar-refractivity contribution in [3.63, 3.8) is 0 Å². The molecule has 1 unspecified atom stereocenters. The first-order valence-corrected chi connectivity index (χ1v) is 7.32. The zero-order valence-electron chi connectivity index (χ0n) is 13.9. The number of nitrogens with zero attached hydrogens (tertiary/aromatic N) is 2. The average molecular weight is 317 g/mol. The van der Waals surface area contributed by atoms with Crippen LogP contribution in [0.1, 0.15) is 12.5 Å². The lowest BCUT2D eigenvalue weighted by Gasteiger charge is -2.17. The first-order valence-electron chi connectivity index (χ1n) is 7.32. The Labute approximate surface area is 136 Å². The lowest BCUT2D eigenvalue weighted by Crippen LogP contribution is -2.22. The van der Waals surface area contributed by atoms with E-state index in [0.717, 1.165) is 17.0 Å². The topological polar surface area (TPSA) is 94.3 Å². The van der Waals surface area contributed by atoms with Crippen molar-refractivity contribution < 1.29 is 9.47 Å². The quantitative estimate of drug-likeness (QED) is 0.722. The molecule has 1 heterocycles. The summed E-state index contributed by atoms with van der Waals surface area (Å²) in [5.74, 6) is 1.81. The number of aryl methyl sites for hydroxylation is 1. The summed E-state index contributed by atoms with van der Waals surface area (Å²) >= 11 is 0. The third-order valence-corrected chi connectivity index (χ3v) is 3.29. The summed E-state index contributed by atoms with van der Waals surface area (Å²) in [4.78, 5) is 8.41. The highest BCUT2D eigenvalue weighted by atomic mass is 16.5. The van der Waals surface area contributed by atoms with Gasteiger partial charge in [0.15, 0.2) is 11.6 Å². The van der Waals surface area contributed by atoms with Crippen molar-refractivity contribution in [2.45, 2.75) is 19.9 Å². The van der Waals surface area contributed by atoms with E-state index in [1.54, 1.807) is 14.2 Å². The van der Waals surface area contributed by atoms with Crippen molar-refractivity contribution in [2.24, 2.45) is 0 Å². The molecule has 2 rings (SSSR count). The normalized spacial score (nSPS) is 11.8. The standard InChI is InChI=1S/C16H23N5O2/c1-10-5-6-13(23-4)12(7-10)21-16-14(17)15(18-9-19-16)20-11(2)8-22-3/h5-7,9,11H,8,17H2,1-4H3,(H2,18,19,20,21). The van der Waals surface area contributed by atoms with Gasteiger partial charge >= 0.3 is 0 Å². The number of hydrogen-bond acceptors (Lipinski definition) is 7. The maximum absolute atomic E-state index is 6.17. The summed E-state index contributed by atoms with van der Waals surface area (Å²) in [6.45, 7) is 4.55. The number of nitrogens with one attached hydrogen (secondary N) is 2. The molecule has 7 nitrogen and oxygen atoms in total. The first kappa shape index (κ1) is 16.8. The second-order valence-corrected chi connectivity index (χ2v) is 5.31. The minimum absolute atomic E-state index is 0.0820. The van der Waals surface area contributed by atoms with Crippen LogP contribution in [0.5, 0.6) is 5.75 Å². The Morgan fingerprint density at radius 2 is 1.96 bits per heavy atom. The average Bonchev–Trinajstić information content (AvgIpc) is 2.52. The Bertz CT molecular complexity index is 663. The van der Waals surface area contributed by atoms with Crippen molar-refractivity contribution in [1.29, 1.82) is 0 Å². The number of ether oxygens (including phenoxy) is 2. The van der Waals surface area contributed by atoms with Crippen LogP contribution in [-0.4, -0.2) is 36.8 Å². The Kier molecular flexibility index (Phi) is 5.59. The zero-order valence-corrected chi connectivity index (χ0v) is 13.9. The van der Waals surface area contributed by atoms with Gasteiger partial charge in [-0.15, -0.1) is 0 Å². The summed E-state index contributed by atoms with van der Waals surface area (Å²) in [6.07, 6.45) is 1.46. The monoisotopic (exact) mass is 317 g/mol. The van der Waals surface area contributed by atoms with Crippen molar-refractivity contribution in [3.8, 4) is 5.75 Å². The Morgan fingerprint density at radius 1 is 1.22 bits per heavy atom. The molecule has 0 fully saturated rings. The molecular weight excluding hydrogens is 294 g/mol. The highest BCUT2D eigenvalue weighted by Gasteiger charge is 2.12. The smallest absolute Gasteiger partial charge is 0.159 e. The number of hydrogen-bond donors (Lipinski definition) is 3. The van der Waals surface area contributed by atoms with Crippen molar-refractivity contribution in [3.05, 3.63) is 30.1 Å². The molecule has 23 heavy (non-hydrogen) atoms. The van der Waals surface area contributed by atoms with E-state index < -0.39 is 0 Å². The molecule has 0 aliphatic carbocycles. The van der Waals surface area contributed by atoms with E-state index in [0.29, 0.717) is 23.9 Å². The van der Waals surface area contributed by atoms with Crippen LogP contribution in [0.3, 0.4) is 0 Å². The van der Waals surface area contributed by atoms with Crippen molar-refractivity contribution >= 4 is 23.0 Å². The van der Waals surface area contributed by atoms with Gasteiger partial charge in [-0.1, -0.05) is 6.07 Å². The van der Waals surface area contributed by atoms with Crippen LogP contribution in [0.4, 0.5) is 23.0 Å². The maximum Gasteiger partial charge on any atom is 0.159 e. The highest BCUT2D eigenvalue weighted by molar-refractivity contribution is 5.79. The van der Waals surface area contributed by atoms with E-state index in [9.17, 15) is 0 Å². The summed E-state index contributed by atoms with van der Waals surface area (Å²) in [6, 6.07) is 5.93. The van der Waals surface area contributed by atoms with E-state index in [-0.39, 0.29) is 6.04 Å². The van der Waals surface area contributed by atoms with E-state index >= 15 is 0 Å². The van der Waals surface area contributed by atoms with Crippen LogP contribution in [0.15, 0.2) is 24.5 Å². The molecule has 7 heteroatoms. The van der Waals surface area contributed by atoms with Gasteiger partial charge in [0.05, 0.1) is 19.4 Å². The Hall–Kier alpha value is -2.54. The molecule has 0 aliphatic heterocycles. The molecule has 4 N–H and O–H groups in total. The Morgan fingerprint density at radius 3 is 2.65 bits per heavy atom. The highest BCUT2D eigenvalue weighted by Crippen LogP contribution is 2.31. The summed E-state index contributed by atoms with van der Waals surface area (Å²) in [5, 5.41) is 6.41. The predicted molar refractivity (Wildman–Crippen MR) is 92.4 cm³/mol. The van der Waals surface area contributed by atoms with Gasteiger partial charge in [-0.25, -0.2) is 9.97 Å². The number of nitrogens with two attached hydrogens (primary N) is 1. The molecule has 124 valence electrons. The van der Waals surface area contributed by atoms with Gasteiger partial charge in [0.25, 0.3) is 0 Å². The largest absolute Gasteiger partial charge is 0.495 e. The van der Waals surface area contributed by atoms with Gasteiger partial charge in [0.2, 0.25) is 0 Å². The van der Waals surface area contributed by atoms with Gasteiger partial charge in [-0.2, -0.15) is 0 Å². The number of rotatable bonds is 7. The zero-order chi connectivity index (χ0) is 16.8. The summed E-state index contributed by atoms with van der Waals surface area (Å²) in [5.41, 5.74) is 8.52. The summed E-state index contributed by atoms with van der Waals surface area (Å²) in [7, 11) is 3.27. The van der Waals surface area contributed by atoms with Gasteiger partial charge < -0.3 is 25.8 Å². The molecule has 0 saturated carbocycles. The van der Waals surface area contributed by atoms with E-state index in [1.807, 2.05) is 32.0 Å². The number of anilines is 4. The minimum atomic E-state index is 0.0820. The fraction of sp³-hybridized carbons (Fsp3) is 0.375. The van der Waals surface area contributed by atoms with Crippen LogP contribution < -0.4 is 21.1 Å². The molecule has 0 radical (unpaired) electrons. The SMILES string of the molecule is COCC(C)Nc1ncnc(Nc2cc(C)ccc2OC)c1N. The molecule has 0 aliphatic rings. The van der Waals surface area contributed by atoms with Gasteiger partial charge in [-0.3, -0.25) is 0 Å². The molecule has 2 aromatic rings. The fourth-order valence-corrected chi connectivity index (χ4v) is 2.18. The number of benzene rings is 1. The summed E-state index contributed by atoms with van der Waals surface area (Å²) < 4.78 is 10.5. The van der Waals surface area contributed by atoms with Crippen LogP contribution in [0.2, 0.25) is 0 Å². The van der Waals surface area contributed by atoms with E-state index in [1.165, 1.54) is 6.33 Å². The molecule has 1 aromatic carbocycles. The fourth-order valence-electron chi connectivity index (χ4n) is 2.18. The molecule has 0 bridgehead atoms. The lowest BCUT2D eigenvalue weighted by atomic mass is 10.2. The maximum atomic E-state index is 6.17. The minimum Gasteiger partial charge on any atom is -0.495 e. The van der Waals surface area contributed by atoms with E-state index in [4.69, 9.17) is 15.2 Å². The third-order valence-electron chi connectivity index (χ3n) is 3.29. The molecular formula is C16H23N5O2. The first-order chi connectivity index (χ1) is 11.0. The molecule has 1 atom stereocenters. The number of aromatic nitrogens is 2. The molecule has 0 amide bonds. The van der Waals surface area contributed by atoms with Crippen LogP contribution >= 0.6 is 0 Å². The molecule has 1 aromatic heterocycles. The van der Waals surface area contributed by atoms with Crippen molar-refractivity contribution in [2.75, 3.05) is 37.2 Å². The third kappa shape index (κ3) is 4.23. The van der Waals surface area contributed by atoms with Crippen LogP contribution in [0, 0.1) is 6.92 Å². The second kappa shape index (κ2) is 7.64. The van der Waals surface area contributed by atoms with Crippen LogP contribution in [-0.2, 0) is 4.74 Å². The Balaban J connectivity index is 2.26. The van der Waals surface area contributed by atoms with E-state index in [2.05, 4.69) is 20.6 Å². The van der Waals surface area contributed by atoms with Crippen molar-refractivity contribution in [1.82, 2.24) is 9.97 Å². The lowest BCUT2D eigenvalue weighted by molar-refractivity contribution is 0.190. The van der Waals surface area contributed by atoms with Crippen LogP contribution in [0.25, 0.3) is 0 Å². The van der Waals surface area contributed by atoms with Gasteiger partial charge in [-0.05, 0) is 31.5 Å². The van der Waals surface area contributed by atoms with Gasteiger partial charge in [0, 0.05) is 13.2 Å². The molecule has 0 spiro atoms. The number of nitrogen functional groups attached to an aromatic ring is 1. The number of methoxy groups -OCH3 is 2. The molecule has 0 saturated heterocycles. The second-order valence-electron chi connectivity index (χ2n) is 5.31. The predicted octanol–water partition coefficient (Wildman–Crippen LogP) is 2.57. The van der Waals surface area contributed by atoms with Gasteiger partial charge in [0.1, 0.15) is 17.8 Å².